The van der Waals surface area contributed by atoms with Crippen molar-refractivity contribution >= 4 is 23.2 Å². The summed E-state index contributed by atoms with van der Waals surface area (Å²) in [7, 11) is 0. The number of fused-ring (bicyclic) bond motifs is 1. The summed E-state index contributed by atoms with van der Waals surface area (Å²) in [6, 6.07) is 5.31. The first-order valence-electron chi connectivity index (χ1n) is 6.73. The van der Waals surface area contributed by atoms with Crippen molar-refractivity contribution in [3.8, 4) is 0 Å². The number of hydrogen-bond donors (Lipinski definition) is 1. The topological polar surface area (TPSA) is 67.2 Å². The number of aromatic nitrogens is 2. The molecule has 0 saturated heterocycles. The first-order valence-corrected chi connectivity index (χ1v) is 7.61. The molecule has 110 valence electrons. The lowest BCUT2D eigenvalue weighted by Crippen LogP contribution is -2.46. The average molecular weight is 304 g/mol. The predicted octanol–water partition coefficient (Wildman–Crippen LogP) is 1.16. The largest absolute Gasteiger partial charge is 0.349 e. The van der Waals surface area contributed by atoms with E-state index >= 15 is 0 Å². The van der Waals surface area contributed by atoms with E-state index in [-0.39, 0.29) is 11.8 Å². The third-order valence-electron chi connectivity index (χ3n) is 3.56. The zero-order valence-corrected chi connectivity index (χ0v) is 12.5. The molecule has 6 nitrogen and oxygen atoms in total. The summed E-state index contributed by atoms with van der Waals surface area (Å²) < 4.78 is 1.71. The molecule has 0 aliphatic carbocycles. The van der Waals surface area contributed by atoms with Crippen molar-refractivity contribution in [3.63, 3.8) is 0 Å². The van der Waals surface area contributed by atoms with Crippen LogP contribution in [0.4, 0.5) is 0 Å². The lowest BCUT2D eigenvalue weighted by molar-refractivity contribution is -0.133. The summed E-state index contributed by atoms with van der Waals surface area (Å²) >= 11 is 1.60. The van der Waals surface area contributed by atoms with E-state index in [9.17, 15) is 9.59 Å². The van der Waals surface area contributed by atoms with Crippen molar-refractivity contribution < 1.29 is 9.59 Å². The number of amides is 2. The number of carbonyl (C=O) groups is 2. The molecular weight excluding hydrogens is 288 g/mol. The van der Waals surface area contributed by atoms with Gasteiger partial charge in [0, 0.05) is 18.0 Å². The van der Waals surface area contributed by atoms with Crippen LogP contribution < -0.4 is 5.32 Å². The second-order valence-corrected chi connectivity index (χ2v) is 6.01. The van der Waals surface area contributed by atoms with Gasteiger partial charge in [0.25, 0.3) is 0 Å². The SMILES string of the molecule is CC(=O)N1Cc2ccnn2[C@@H](C(=O)NCc2cccs2)C1. The van der Waals surface area contributed by atoms with Gasteiger partial charge in [-0.3, -0.25) is 14.3 Å². The fourth-order valence-corrected chi connectivity index (χ4v) is 3.08. The Kier molecular flexibility index (Phi) is 3.74. The third kappa shape index (κ3) is 2.82. The van der Waals surface area contributed by atoms with Gasteiger partial charge in [-0.2, -0.15) is 5.10 Å². The molecule has 21 heavy (non-hydrogen) atoms. The van der Waals surface area contributed by atoms with Crippen LogP contribution in [0.3, 0.4) is 0 Å². The molecule has 3 rings (SSSR count). The molecule has 2 aromatic heterocycles. The zero-order valence-electron chi connectivity index (χ0n) is 11.7. The van der Waals surface area contributed by atoms with Crippen molar-refractivity contribution in [2.24, 2.45) is 0 Å². The van der Waals surface area contributed by atoms with Crippen LogP contribution in [-0.2, 0) is 22.7 Å². The van der Waals surface area contributed by atoms with E-state index in [1.165, 1.54) is 6.92 Å². The molecule has 0 radical (unpaired) electrons. The quantitative estimate of drug-likeness (QED) is 0.925. The summed E-state index contributed by atoms with van der Waals surface area (Å²) in [5, 5.41) is 9.11. The Morgan fingerprint density at radius 1 is 1.48 bits per heavy atom. The van der Waals surface area contributed by atoms with Gasteiger partial charge in [0.1, 0.15) is 6.04 Å². The van der Waals surface area contributed by atoms with E-state index in [1.807, 2.05) is 23.6 Å². The third-order valence-corrected chi connectivity index (χ3v) is 4.43. The second-order valence-electron chi connectivity index (χ2n) is 4.98. The van der Waals surface area contributed by atoms with E-state index in [2.05, 4.69) is 10.4 Å². The first-order chi connectivity index (χ1) is 10.1. The zero-order chi connectivity index (χ0) is 14.8. The number of nitrogens with zero attached hydrogens (tertiary/aromatic N) is 3. The van der Waals surface area contributed by atoms with Crippen molar-refractivity contribution in [2.75, 3.05) is 6.54 Å². The maximum atomic E-state index is 12.4. The maximum Gasteiger partial charge on any atom is 0.247 e. The summed E-state index contributed by atoms with van der Waals surface area (Å²) in [6.07, 6.45) is 1.67. The van der Waals surface area contributed by atoms with Gasteiger partial charge >= 0.3 is 0 Å². The Balaban J connectivity index is 1.74. The van der Waals surface area contributed by atoms with Crippen molar-refractivity contribution in [1.29, 1.82) is 0 Å². The standard InChI is InChI=1S/C14H16N4O2S/c1-10(19)17-8-11-4-5-16-18(11)13(9-17)14(20)15-7-12-3-2-6-21-12/h2-6,13H,7-9H2,1H3,(H,15,20)/t13-/m1/s1. The van der Waals surface area contributed by atoms with Gasteiger partial charge < -0.3 is 10.2 Å². The first kappa shape index (κ1) is 13.8. The lowest BCUT2D eigenvalue weighted by Gasteiger charge is -2.32. The number of carbonyl (C=O) groups excluding carboxylic acids is 2. The number of nitrogens with one attached hydrogen (secondary N) is 1. The van der Waals surface area contributed by atoms with Gasteiger partial charge in [0.05, 0.1) is 25.3 Å². The second kappa shape index (κ2) is 5.69. The van der Waals surface area contributed by atoms with Crippen molar-refractivity contribution in [1.82, 2.24) is 20.0 Å². The van der Waals surface area contributed by atoms with Gasteiger partial charge in [-0.25, -0.2) is 0 Å². The van der Waals surface area contributed by atoms with Crippen LogP contribution in [0.2, 0.25) is 0 Å². The highest BCUT2D eigenvalue weighted by Gasteiger charge is 2.31. The van der Waals surface area contributed by atoms with Crippen LogP contribution in [0.1, 0.15) is 23.5 Å². The van der Waals surface area contributed by atoms with Gasteiger partial charge in [0.15, 0.2) is 0 Å². The number of thiophene rings is 1. The minimum atomic E-state index is -0.465. The number of hydrogen-bond acceptors (Lipinski definition) is 4. The lowest BCUT2D eigenvalue weighted by atomic mass is 10.1. The minimum Gasteiger partial charge on any atom is -0.349 e. The fraction of sp³-hybridized carbons (Fsp3) is 0.357. The van der Waals surface area contributed by atoms with Crippen LogP contribution in [-0.4, -0.2) is 33.0 Å². The molecule has 1 N–H and O–H groups in total. The molecule has 1 aliphatic heterocycles. The van der Waals surface area contributed by atoms with Gasteiger partial charge in [-0.05, 0) is 17.5 Å². The van der Waals surface area contributed by atoms with E-state index in [0.717, 1.165) is 10.6 Å². The van der Waals surface area contributed by atoms with Crippen LogP contribution in [0.15, 0.2) is 29.8 Å². The Morgan fingerprint density at radius 3 is 3.05 bits per heavy atom. The van der Waals surface area contributed by atoms with E-state index in [0.29, 0.717) is 19.6 Å². The van der Waals surface area contributed by atoms with Gasteiger partial charge in [0.2, 0.25) is 11.8 Å². The molecule has 1 aliphatic rings. The maximum absolute atomic E-state index is 12.4. The molecule has 3 heterocycles. The highest BCUT2D eigenvalue weighted by molar-refractivity contribution is 7.09. The Bertz CT molecular complexity index is 650. The van der Waals surface area contributed by atoms with Crippen LogP contribution in [0.5, 0.6) is 0 Å². The Labute approximate surface area is 126 Å². The smallest absolute Gasteiger partial charge is 0.247 e. The van der Waals surface area contributed by atoms with Gasteiger partial charge in [-0.1, -0.05) is 6.07 Å². The molecule has 0 aromatic carbocycles. The Hall–Kier alpha value is -2.15. The van der Waals surface area contributed by atoms with E-state index in [4.69, 9.17) is 0 Å². The summed E-state index contributed by atoms with van der Waals surface area (Å²) in [4.78, 5) is 26.8. The molecule has 2 amide bonds. The molecule has 2 aromatic rings. The normalized spacial score (nSPS) is 17.4. The average Bonchev–Trinajstić information content (AvgIpc) is 3.14. The molecule has 0 spiro atoms. The molecule has 0 unspecified atom stereocenters. The van der Waals surface area contributed by atoms with Crippen LogP contribution in [0, 0.1) is 0 Å². The highest BCUT2D eigenvalue weighted by atomic mass is 32.1. The van der Waals surface area contributed by atoms with E-state index in [1.54, 1.807) is 27.1 Å². The van der Waals surface area contributed by atoms with Gasteiger partial charge in [-0.15, -0.1) is 11.3 Å². The minimum absolute atomic E-state index is 0.0292. The molecule has 1 atom stereocenters. The summed E-state index contributed by atoms with van der Waals surface area (Å²) in [6.45, 7) is 2.89. The molecule has 0 saturated carbocycles. The van der Waals surface area contributed by atoms with Crippen LogP contribution >= 0.6 is 11.3 Å². The van der Waals surface area contributed by atoms with Crippen molar-refractivity contribution in [2.45, 2.75) is 26.1 Å². The van der Waals surface area contributed by atoms with Crippen molar-refractivity contribution in [3.05, 3.63) is 40.3 Å². The monoisotopic (exact) mass is 304 g/mol. The van der Waals surface area contributed by atoms with Crippen LogP contribution in [0.25, 0.3) is 0 Å². The fourth-order valence-electron chi connectivity index (χ4n) is 2.43. The molecule has 0 fully saturated rings. The molecule has 7 heteroatoms. The molecular formula is C14H16N4O2S. The predicted molar refractivity (Wildman–Crippen MR) is 78.5 cm³/mol. The highest BCUT2D eigenvalue weighted by Crippen LogP contribution is 2.20. The Morgan fingerprint density at radius 2 is 2.33 bits per heavy atom. The molecule has 0 bridgehead atoms. The van der Waals surface area contributed by atoms with E-state index < -0.39 is 6.04 Å². The summed E-state index contributed by atoms with van der Waals surface area (Å²) in [5.74, 6) is -0.141. The summed E-state index contributed by atoms with van der Waals surface area (Å²) in [5.41, 5.74) is 0.882. The number of rotatable bonds is 3.